The summed E-state index contributed by atoms with van der Waals surface area (Å²) in [5.41, 5.74) is 1.27. The van der Waals surface area contributed by atoms with Crippen molar-refractivity contribution in [3.63, 3.8) is 0 Å². The molecule has 8 nitrogen and oxygen atoms in total. The number of aromatic nitrogens is 3. The predicted octanol–water partition coefficient (Wildman–Crippen LogP) is 3.06. The zero-order chi connectivity index (χ0) is 23.4. The molecular formula is C23H20ClN5O3S. The third-order valence-electron chi connectivity index (χ3n) is 4.89. The second-order valence-electron chi connectivity index (χ2n) is 7.31. The van der Waals surface area contributed by atoms with Crippen molar-refractivity contribution in [3.8, 4) is 0 Å². The molecular weight excluding hydrogens is 462 g/mol. The van der Waals surface area contributed by atoms with E-state index in [4.69, 9.17) is 11.6 Å². The van der Waals surface area contributed by atoms with Crippen LogP contribution in [0.4, 0.5) is 0 Å². The number of fused-ring (bicyclic) bond motifs is 1. The number of benzene rings is 1. The lowest BCUT2D eigenvalue weighted by atomic mass is 10.1. The number of halogens is 1. The highest BCUT2D eigenvalue weighted by Gasteiger charge is 2.18. The first kappa shape index (κ1) is 22.6. The van der Waals surface area contributed by atoms with E-state index in [1.807, 2.05) is 12.3 Å². The van der Waals surface area contributed by atoms with Crippen LogP contribution in [0.2, 0.25) is 5.02 Å². The van der Waals surface area contributed by atoms with E-state index in [2.05, 4.69) is 20.6 Å². The van der Waals surface area contributed by atoms with Gasteiger partial charge in [-0.3, -0.25) is 19.0 Å². The van der Waals surface area contributed by atoms with Crippen LogP contribution in [0.1, 0.15) is 26.6 Å². The fourth-order valence-electron chi connectivity index (χ4n) is 3.27. The Bertz CT molecular complexity index is 1380. The zero-order valence-electron chi connectivity index (χ0n) is 17.7. The van der Waals surface area contributed by atoms with Crippen molar-refractivity contribution in [2.75, 3.05) is 0 Å². The molecule has 0 radical (unpaired) electrons. The van der Waals surface area contributed by atoms with Gasteiger partial charge in [-0.25, -0.2) is 9.97 Å². The van der Waals surface area contributed by atoms with E-state index < -0.39 is 11.5 Å². The Morgan fingerprint density at radius 2 is 1.91 bits per heavy atom. The van der Waals surface area contributed by atoms with Crippen LogP contribution in [-0.2, 0) is 24.4 Å². The Labute approximate surface area is 198 Å². The number of aryl methyl sites for hydroxylation is 1. The van der Waals surface area contributed by atoms with Gasteiger partial charge in [-0.05, 0) is 42.8 Å². The van der Waals surface area contributed by atoms with Gasteiger partial charge in [0.25, 0.3) is 11.5 Å². The summed E-state index contributed by atoms with van der Waals surface area (Å²) < 4.78 is 1.22. The molecule has 3 aromatic heterocycles. The zero-order valence-corrected chi connectivity index (χ0v) is 19.2. The molecule has 0 saturated carbocycles. The fraction of sp³-hybridized carbons (Fsp3) is 0.174. The van der Waals surface area contributed by atoms with Gasteiger partial charge < -0.3 is 10.6 Å². The lowest BCUT2D eigenvalue weighted by Crippen LogP contribution is -2.37. The van der Waals surface area contributed by atoms with Gasteiger partial charge in [-0.2, -0.15) is 0 Å². The minimum Gasteiger partial charge on any atom is -0.349 e. The number of hydrogen-bond acceptors (Lipinski definition) is 6. The van der Waals surface area contributed by atoms with Crippen molar-refractivity contribution in [2.24, 2.45) is 0 Å². The molecule has 4 rings (SSSR count). The smallest absolute Gasteiger partial charge is 0.265 e. The van der Waals surface area contributed by atoms with Gasteiger partial charge in [0.15, 0.2) is 0 Å². The minimum absolute atomic E-state index is 0.0626. The fourth-order valence-corrected chi connectivity index (χ4v) is 4.01. The SMILES string of the molecule is Cc1nc(CNC(=O)Cn2c(=O)c(C(=O)NCc3ccc(Cl)cc3)cc3cccnc32)cs1. The molecule has 0 fully saturated rings. The molecule has 0 aliphatic carbocycles. The monoisotopic (exact) mass is 481 g/mol. The quantitative estimate of drug-likeness (QED) is 0.422. The van der Waals surface area contributed by atoms with Crippen LogP contribution in [0.5, 0.6) is 0 Å². The molecule has 10 heteroatoms. The number of thiazole rings is 1. The van der Waals surface area contributed by atoms with Crippen molar-refractivity contribution in [2.45, 2.75) is 26.6 Å². The van der Waals surface area contributed by atoms with Crippen LogP contribution in [0.3, 0.4) is 0 Å². The van der Waals surface area contributed by atoms with Crippen LogP contribution in [0.15, 0.2) is 58.8 Å². The Morgan fingerprint density at radius 1 is 1.12 bits per heavy atom. The standard InChI is InChI=1S/C23H20ClN5O3S/c1-14-28-18(13-33-14)11-26-20(30)12-29-21-16(3-2-8-25-21)9-19(23(29)32)22(31)27-10-15-4-6-17(24)7-5-15/h2-9,13H,10-12H2,1H3,(H,26,30)(H,27,31). The van der Waals surface area contributed by atoms with Crippen LogP contribution in [-0.4, -0.2) is 26.3 Å². The molecule has 2 N–H and O–H groups in total. The van der Waals surface area contributed by atoms with Gasteiger partial charge in [0.1, 0.15) is 17.8 Å². The van der Waals surface area contributed by atoms with Crippen LogP contribution in [0, 0.1) is 6.92 Å². The molecule has 4 aromatic rings. The van der Waals surface area contributed by atoms with Gasteiger partial charge >= 0.3 is 0 Å². The number of pyridine rings is 2. The lowest BCUT2D eigenvalue weighted by Gasteiger charge is -2.12. The van der Waals surface area contributed by atoms with E-state index in [0.717, 1.165) is 16.3 Å². The second-order valence-corrected chi connectivity index (χ2v) is 8.81. The molecule has 0 saturated heterocycles. The van der Waals surface area contributed by atoms with E-state index in [0.29, 0.717) is 16.1 Å². The summed E-state index contributed by atoms with van der Waals surface area (Å²) >= 11 is 7.39. The maximum Gasteiger partial charge on any atom is 0.265 e. The first-order valence-electron chi connectivity index (χ1n) is 10.1. The number of rotatable bonds is 7. The van der Waals surface area contributed by atoms with E-state index in [1.165, 1.54) is 28.2 Å². The Hall–Kier alpha value is -3.56. The topological polar surface area (TPSA) is 106 Å². The Morgan fingerprint density at radius 3 is 2.64 bits per heavy atom. The highest BCUT2D eigenvalue weighted by Crippen LogP contribution is 2.13. The predicted molar refractivity (Wildman–Crippen MR) is 127 cm³/mol. The van der Waals surface area contributed by atoms with Crippen molar-refractivity contribution in [1.29, 1.82) is 0 Å². The number of carbonyl (C=O) groups excluding carboxylic acids is 2. The summed E-state index contributed by atoms with van der Waals surface area (Å²) in [5, 5.41) is 9.45. The molecule has 0 aliphatic heterocycles. The van der Waals surface area contributed by atoms with E-state index in [1.54, 1.807) is 36.4 Å². The first-order valence-corrected chi connectivity index (χ1v) is 11.4. The maximum absolute atomic E-state index is 13.1. The van der Waals surface area contributed by atoms with Crippen molar-refractivity contribution in [1.82, 2.24) is 25.2 Å². The van der Waals surface area contributed by atoms with Crippen LogP contribution < -0.4 is 16.2 Å². The van der Waals surface area contributed by atoms with E-state index in [-0.39, 0.29) is 31.1 Å². The van der Waals surface area contributed by atoms with Crippen LogP contribution in [0.25, 0.3) is 11.0 Å². The van der Waals surface area contributed by atoms with E-state index >= 15 is 0 Å². The maximum atomic E-state index is 13.1. The summed E-state index contributed by atoms with van der Waals surface area (Å²) in [6, 6.07) is 12.0. The van der Waals surface area contributed by atoms with E-state index in [9.17, 15) is 14.4 Å². The minimum atomic E-state index is -0.588. The molecule has 0 bridgehead atoms. The van der Waals surface area contributed by atoms with Crippen molar-refractivity contribution in [3.05, 3.63) is 91.2 Å². The molecule has 33 heavy (non-hydrogen) atoms. The molecule has 2 amide bonds. The molecule has 168 valence electrons. The Kier molecular flexibility index (Phi) is 6.81. The van der Waals surface area contributed by atoms with Crippen molar-refractivity contribution >= 4 is 45.8 Å². The molecule has 0 aliphatic rings. The third kappa shape index (κ3) is 5.44. The number of amides is 2. The summed E-state index contributed by atoms with van der Waals surface area (Å²) in [7, 11) is 0. The second kappa shape index (κ2) is 9.93. The number of carbonyl (C=O) groups is 2. The largest absolute Gasteiger partial charge is 0.349 e. The van der Waals surface area contributed by atoms with Gasteiger partial charge in [0.05, 0.1) is 17.2 Å². The number of hydrogen-bond donors (Lipinski definition) is 2. The highest BCUT2D eigenvalue weighted by molar-refractivity contribution is 7.09. The third-order valence-corrected chi connectivity index (χ3v) is 5.97. The van der Waals surface area contributed by atoms with Gasteiger partial charge in [0, 0.05) is 28.5 Å². The first-order chi connectivity index (χ1) is 15.9. The Balaban J connectivity index is 1.55. The average molecular weight is 482 g/mol. The molecule has 0 atom stereocenters. The number of nitrogens with zero attached hydrogens (tertiary/aromatic N) is 3. The molecule has 1 aromatic carbocycles. The summed E-state index contributed by atoms with van der Waals surface area (Å²) in [6.45, 7) is 2.10. The average Bonchev–Trinajstić information content (AvgIpc) is 3.24. The van der Waals surface area contributed by atoms with Crippen molar-refractivity contribution < 1.29 is 9.59 Å². The summed E-state index contributed by atoms with van der Waals surface area (Å²) in [6.07, 6.45) is 1.54. The van der Waals surface area contributed by atoms with Gasteiger partial charge in [-0.1, -0.05) is 23.7 Å². The molecule has 0 unspecified atom stereocenters. The van der Waals surface area contributed by atoms with Gasteiger partial charge in [0.2, 0.25) is 5.91 Å². The summed E-state index contributed by atoms with van der Waals surface area (Å²) in [5.74, 6) is -0.916. The summed E-state index contributed by atoms with van der Waals surface area (Å²) in [4.78, 5) is 47.1. The van der Waals surface area contributed by atoms with Gasteiger partial charge in [-0.15, -0.1) is 11.3 Å². The molecule has 0 spiro atoms. The highest BCUT2D eigenvalue weighted by atomic mass is 35.5. The van der Waals surface area contributed by atoms with Crippen LogP contribution >= 0.6 is 22.9 Å². The lowest BCUT2D eigenvalue weighted by molar-refractivity contribution is -0.121. The molecule has 3 heterocycles. The number of nitrogens with one attached hydrogen (secondary N) is 2. The normalized spacial score (nSPS) is 10.8.